The van der Waals surface area contributed by atoms with Gasteiger partial charge < -0.3 is 5.73 Å². The summed E-state index contributed by atoms with van der Waals surface area (Å²) < 4.78 is 23.8. The summed E-state index contributed by atoms with van der Waals surface area (Å²) >= 11 is 4.67. The first-order valence-electron chi connectivity index (χ1n) is 3.70. The molecule has 0 fully saturated rings. The van der Waals surface area contributed by atoms with Crippen LogP contribution in [0.15, 0.2) is 0 Å². The van der Waals surface area contributed by atoms with Gasteiger partial charge in [0.05, 0.1) is 11.5 Å². The molecule has 0 saturated carbocycles. The van der Waals surface area contributed by atoms with Crippen LogP contribution in [0.2, 0.25) is 0 Å². The molecule has 0 bridgehead atoms. The number of thiocarbonyl (C=S) groups is 1. The first-order chi connectivity index (χ1) is 5.43. The molecule has 72 valence electrons. The lowest BCUT2D eigenvalue weighted by Crippen LogP contribution is -2.35. The van der Waals surface area contributed by atoms with Crippen molar-refractivity contribution in [1.82, 2.24) is 4.90 Å². The van der Waals surface area contributed by atoms with E-state index < -0.39 is 6.43 Å². The molecule has 1 atom stereocenters. The van der Waals surface area contributed by atoms with Crippen LogP contribution in [-0.4, -0.2) is 35.9 Å². The fourth-order valence-corrected chi connectivity index (χ4v) is 1.09. The second-order valence-electron chi connectivity index (χ2n) is 2.85. The molecule has 0 aromatic rings. The quantitative estimate of drug-likeness (QED) is 0.671. The van der Waals surface area contributed by atoms with E-state index in [1.165, 1.54) is 0 Å². The molecule has 0 saturated heterocycles. The summed E-state index contributed by atoms with van der Waals surface area (Å²) in [4.78, 5) is 1.91. The van der Waals surface area contributed by atoms with Crippen molar-refractivity contribution in [1.29, 1.82) is 0 Å². The summed E-state index contributed by atoms with van der Waals surface area (Å²) in [6.45, 7) is 1.59. The molecule has 2 N–H and O–H groups in total. The predicted molar refractivity (Wildman–Crippen MR) is 49.5 cm³/mol. The van der Waals surface area contributed by atoms with Crippen LogP contribution < -0.4 is 5.73 Å². The fraction of sp³-hybridized carbons (Fsp3) is 0.857. The van der Waals surface area contributed by atoms with E-state index in [2.05, 4.69) is 12.2 Å². The van der Waals surface area contributed by atoms with Crippen LogP contribution in [0.25, 0.3) is 0 Å². The Morgan fingerprint density at radius 1 is 1.58 bits per heavy atom. The van der Waals surface area contributed by atoms with E-state index in [-0.39, 0.29) is 12.6 Å². The molecule has 0 aliphatic carbocycles. The first-order valence-corrected chi connectivity index (χ1v) is 4.11. The minimum Gasteiger partial charge on any atom is -0.393 e. The van der Waals surface area contributed by atoms with Gasteiger partial charge >= 0.3 is 0 Å². The zero-order chi connectivity index (χ0) is 9.72. The molecule has 0 aliphatic rings. The molecule has 0 amide bonds. The molecule has 0 aromatic heterocycles. The van der Waals surface area contributed by atoms with Crippen LogP contribution in [0.3, 0.4) is 0 Å². The molecule has 2 nitrogen and oxygen atoms in total. The largest absolute Gasteiger partial charge is 0.393 e. The topological polar surface area (TPSA) is 29.3 Å². The van der Waals surface area contributed by atoms with Gasteiger partial charge in [0.2, 0.25) is 0 Å². The normalized spacial score (nSPS) is 13.8. The van der Waals surface area contributed by atoms with Gasteiger partial charge in [-0.3, -0.25) is 4.90 Å². The van der Waals surface area contributed by atoms with Crippen molar-refractivity contribution < 1.29 is 8.78 Å². The summed E-state index contributed by atoms with van der Waals surface area (Å²) in [5.41, 5.74) is 5.28. The van der Waals surface area contributed by atoms with E-state index in [0.29, 0.717) is 11.4 Å². The maximum atomic E-state index is 11.9. The van der Waals surface area contributed by atoms with Gasteiger partial charge in [-0.15, -0.1) is 0 Å². The zero-order valence-electron chi connectivity index (χ0n) is 7.26. The predicted octanol–water partition coefficient (Wildman–Crippen LogP) is 1.25. The molecular formula is C7H14F2N2S. The maximum Gasteiger partial charge on any atom is 0.251 e. The average Bonchev–Trinajstić information content (AvgIpc) is 1.84. The van der Waals surface area contributed by atoms with E-state index >= 15 is 0 Å². The number of halogens is 2. The molecule has 12 heavy (non-hydrogen) atoms. The monoisotopic (exact) mass is 196 g/mol. The number of alkyl halides is 2. The molecule has 0 spiro atoms. The van der Waals surface area contributed by atoms with Crippen molar-refractivity contribution in [2.45, 2.75) is 25.8 Å². The first kappa shape index (κ1) is 11.7. The zero-order valence-corrected chi connectivity index (χ0v) is 8.07. The molecular weight excluding hydrogens is 182 g/mol. The van der Waals surface area contributed by atoms with Gasteiger partial charge in [-0.25, -0.2) is 8.78 Å². The Kier molecular flexibility index (Phi) is 5.24. The summed E-state index contributed by atoms with van der Waals surface area (Å²) in [6.07, 6.45) is -1.82. The standard InChI is InChI=1S/C7H14F2N2S/c1-5(3-7(10)12)11(2)4-6(8)9/h5-6H,3-4H2,1-2H3,(H2,10,12). The lowest BCUT2D eigenvalue weighted by Gasteiger charge is -2.23. The van der Waals surface area contributed by atoms with E-state index in [9.17, 15) is 8.78 Å². The minimum atomic E-state index is -2.30. The third-order valence-electron chi connectivity index (χ3n) is 1.68. The number of hydrogen-bond acceptors (Lipinski definition) is 2. The molecule has 0 heterocycles. The Labute approximate surface area is 76.7 Å². The van der Waals surface area contributed by atoms with E-state index in [0.717, 1.165) is 0 Å². The Morgan fingerprint density at radius 3 is 2.42 bits per heavy atom. The van der Waals surface area contributed by atoms with Crippen LogP contribution in [0.4, 0.5) is 8.78 Å². The van der Waals surface area contributed by atoms with E-state index in [4.69, 9.17) is 5.73 Å². The van der Waals surface area contributed by atoms with Crippen molar-refractivity contribution in [2.75, 3.05) is 13.6 Å². The Balaban J connectivity index is 3.76. The molecule has 1 unspecified atom stereocenters. The summed E-state index contributed by atoms with van der Waals surface area (Å²) in [5.74, 6) is 0. The molecule has 0 aliphatic heterocycles. The molecule has 5 heteroatoms. The van der Waals surface area contributed by atoms with Crippen LogP contribution in [0.1, 0.15) is 13.3 Å². The number of rotatable bonds is 5. The molecule has 0 aromatic carbocycles. The summed E-state index contributed by atoms with van der Waals surface area (Å²) in [5, 5.41) is 0. The molecule has 0 radical (unpaired) electrons. The second-order valence-corrected chi connectivity index (χ2v) is 3.37. The summed E-state index contributed by atoms with van der Waals surface area (Å²) in [7, 11) is 1.63. The van der Waals surface area contributed by atoms with Gasteiger partial charge in [0.15, 0.2) is 0 Å². The van der Waals surface area contributed by atoms with Crippen molar-refractivity contribution in [3.63, 3.8) is 0 Å². The highest BCUT2D eigenvalue weighted by Gasteiger charge is 2.14. The SMILES string of the molecule is CC(CC(N)=S)N(C)CC(F)F. The van der Waals surface area contributed by atoms with Crippen LogP contribution in [0.5, 0.6) is 0 Å². The van der Waals surface area contributed by atoms with Gasteiger partial charge in [-0.2, -0.15) is 0 Å². The number of nitrogens with zero attached hydrogens (tertiary/aromatic N) is 1. The Morgan fingerprint density at radius 2 is 2.08 bits per heavy atom. The lowest BCUT2D eigenvalue weighted by atomic mass is 10.2. The molecule has 0 rings (SSSR count). The average molecular weight is 196 g/mol. The van der Waals surface area contributed by atoms with Crippen molar-refractivity contribution >= 4 is 17.2 Å². The third kappa shape index (κ3) is 5.37. The lowest BCUT2D eigenvalue weighted by molar-refractivity contribution is 0.0857. The maximum absolute atomic E-state index is 11.9. The number of hydrogen-bond donors (Lipinski definition) is 1. The summed E-state index contributed by atoms with van der Waals surface area (Å²) in [6, 6.07) is -0.0171. The van der Waals surface area contributed by atoms with Gasteiger partial charge in [0, 0.05) is 12.5 Å². The van der Waals surface area contributed by atoms with Crippen molar-refractivity contribution in [3.8, 4) is 0 Å². The second kappa shape index (κ2) is 5.37. The number of nitrogens with two attached hydrogens (primary N) is 1. The minimum absolute atomic E-state index is 0.0171. The van der Waals surface area contributed by atoms with Crippen LogP contribution >= 0.6 is 12.2 Å². The van der Waals surface area contributed by atoms with Crippen molar-refractivity contribution in [3.05, 3.63) is 0 Å². The van der Waals surface area contributed by atoms with E-state index in [1.807, 2.05) is 6.92 Å². The Bertz CT molecular complexity index is 152. The van der Waals surface area contributed by atoms with Gasteiger partial charge in [0.1, 0.15) is 0 Å². The highest BCUT2D eigenvalue weighted by atomic mass is 32.1. The fourth-order valence-electron chi connectivity index (χ4n) is 0.845. The highest BCUT2D eigenvalue weighted by Crippen LogP contribution is 2.04. The third-order valence-corrected chi connectivity index (χ3v) is 1.84. The Hall–Kier alpha value is -0.290. The van der Waals surface area contributed by atoms with Crippen LogP contribution in [0, 0.1) is 0 Å². The van der Waals surface area contributed by atoms with Crippen LogP contribution in [-0.2, 0) is 0 Å². The van der Waals surface area contributed by atoms with E-state index in [1.54, 1.807) is 11.9 Å². The van der Waals surface area contributed by atoms with Crippen molar-refractivity contribution in [2.24, 2.45) is 5.73 Å². The van der Waals surface area contributed by atoms with Gasteiger partial charge in [0.25, 0.3) is 6.43 Å². The van der Waals surface area contributed by atoms with Gasteiger partial charge in [-0.05, 0) is 14.0 Å². The van der Waals surface area contributed by atoms with Gasteiger partial charge in [-0.1, -0.05) is 12.2 Å². The highest BCUT2D eigenvalue weighted by molar-refractivity contribution is 7.80. The smallest absolute Gasteiger partial charge is 0.251 e.